The van der Waals surface area contributed by atoms with E-state index in [1.54, 1.807) is 5.06 Å². The number of hydroxylamine groups is 2. The summed E-state index contributed by atoms with van der Waals surface area (Å²) in [5.74, 6) is -0.265. The van der Waals surface area contributed by atoms with Crippen LogP contribution >= 0.6 is 0 Å². The van der Waals surface area contributed by atoms with Gasteiger partial charge in [0, 0.05) is 19.7 Å². The molecule has 4 heteroatoms. The summed E-state index contributed by atoms with van der Waals surface area (Å²) < 4.78 is 0. The molecular weight excluding hydrogens is 240 g/mol. The molecule has 0 saturated heterocycles. The lowest BCUT2D eigenvalue weighted by molar-refractivity contribution is -0.177. The fraction of sp³-hybridized carbons (Fsp3) is 0.800. The Morgan fingerprint density at radius 2 is 1.68 bits per heavy atom. The van der Waals surface area contributed by atoms with Crippen molar-refractivity contribution in [1.29, 1.82) is 0 Å². The summed E-state index contributed by atoms with van der Waals surface area (Å²) in [5, 5.41) is 1.58. The zero-order valence-corrected chi connectivity index (χ0v) is 12.4. The standard InChI is InChI=1S/C15H28N2O2/c1-3-4-5-6-7-8-9-10-11-16-12-13-17(14-16)19-15(2)18/h12-13H,3-11,14H2,1-2H3. The Balaban J connectivity index is 1.91. The lowest BCUT2D eigenvalue weighted by Gasteiger charge is -2.19. The molecule has 110 valence electrons. The fourth-order valence-corrected chi connectivity index (χ4v) is 2.26. The zero-order valence-electron chi connectivity index (χ0n) is 12.4. The molecule has 0 unspecified atom stereocenters. The first-order valence-electron chi connectivity index (χ1n) is 7.60. The van der Waals surface area contributed by atoms with Crippen LogP contribution in [-0.2, 0) is 9.63 Å². The quantitative estimate of drug-likeness (QED) is 0.566. The number of carbonyl (C=O) groups excluding carboxylic acids is 1. The summed E-state index contributed by atoms with van der Waals surface area (Å²) in [6.07, 6.45) is 14.5. The van der Waals surface area contributed by atoms with Crippen molar-refractivity contribution in [3.63, 3.8) is 0 Å². The summed E-state index contributed by atoms with van der Waals surface area (Å²) in [5.41, 5.74) is 0. The van der Waals surface area contributed by atoms with Crippen molar-refractivity contribution < 1.29 is 9.63 Å². The van der Waals surface area contributed by atoms with Gasteiger partial charge in [0.25, 0.3) is 0 Å². The van der Waals surface area contributed by atoms with Crippen LogP contribution in [0.5, 0.6) is 0 Å². The highest BCUT2D eigenvalue weighted by atomic mass is 16.7. The van der Waals surface area contributed by atoms with Gasteiger partial charge < -0.3 is 9.74 Å². The number of carbonyl (C=O) groups is 1. The van der Waals surface area contributed by atoms with Gasteiger partial charge in [0.1, 0.15) is 6.67 Å². The third-order valence-electron chi connectivity index (χ3n) is 3.31. The van der Waals surface area contributed by atoms with E-state index in [-0.39, 0.29) is 5.97 Å². The first-order chi connectivity index (χ1) is 9.22. The second-order valence-corrected chi connectivity index (χ2v) is 5.23. The molecule has 1 aliphatic rings. The minimum absolute atomic E-state index is 0.265. The molecule has 0 aromatic heterocycles. The van der Waals surface area contributed by atoms with Crippen LogP contribution in [0.1, 0.15) is 65.2 Å². The largest absolute Gasteiger partial charge is 0.356 e. The topological polar surface area (TPSA) is 32.8 Å². The second kappa shape index (κ2) is 9.70. The Labute approximate surface area is 117 Å². The highest BCUT2D eigenvalue weighted by Crippen LogP contribution is 2.11. The van der Waals surface area contributed by atoms with Crippen LogP contribution in [-0.4, -0.2) is 29.1 Å². The molecule has 1 aliphatic heterocycles. The van der Waals surface area contributed by atoms with Crippen molar-refractivity contribution in [2.45, 2.75) is 65.2 Å². The minimum Gasteiger partial charge on any atom is -0.356 e. The lowest BCUT2D eigenvalue weighted by atomic mass is 10.1. The van der Waals surface area contributed by atoms with E-state index < -0.39 is 0 Å². The number of rotatable bonds is 10. The van der Waals surface area contributed by atoms with Gasteiger partial charge in [0.05, 0.1) is 6.20 Å². The molecule has 0 aliphatic carbocycles. The molecule has 0 saturated carbocycles. The van der Waals surface area contributed by atoms with E-state index >= 15 is 0 Å². The zero-order chi connectivity index (χ0) is 13.9. The summed E-state index contributed by atoms with van der Waals surface area (Å²) >= 11 is 0. The maximum absolute atomic E-state index is 10.8. The van der Waals surface area contributed by atoms with Gasteiger partial charge in [-0.1, -0.05) is 51.9 Å². The van der Waals surface area contributed by atoms with Crippen LogP contribution < -0.4 is 0 Å². The van der Waals surface area contributed by atoms with Gasteiger partial charge >= 0.3 is 5.97 Å². The van der Waals surface area contributed by atoms with Crippen molar-refractivity contribution >= 4 is 5.97 Å². The molecule has 0 aromatic carbocycles. The summed E-state index contributed by atoms with van der Waals surface area (Å²) in [7, 11) is 0. The highest BCUT2D eigenvalue weighted by Gasteiger charge is 2.13. The first-order valence-corrected chi connectivity index (χ1v) is 7.60. The predicted octanol–water partition coefficient (Wildman–Crippen LogP) is 3.65. The SMILES string of the molecule is CCCCCCCCCCN1C=CN(OC(C)=O)C1. The highest BCUT2D eigenvalue weighted by molar-refractivity contribution is 5.65. The molecule has 0 bridgehead atoms. The maximum atomic E-state index is 10.8. The molecule has 0 N–H and O–H groups in total. The number of unbranched alkanes of at least 4 members (excludes halogenated alkanes) is 7. The van der Waals surface area contributed by atoms with Crippen LogP contribution in [0, 0.1) is 0 Å². The molecule has 19 heavy (non-hydrogen) atoms. The van der Waals surface area contributed by atoms with Crippen LogP contribution in [0.4, 0.5) is 0 Å². The van der Waals surface area contributed by atoms with Crippen LogP contribution in [0.25, 0.3) is 0 Å². The van der Waals surface area contributed by atoms with E-state index in [0.29, 0.717) is 6.67 Å². The van der Waals surface area contributed by atoms with Gasteiger partial charge in [-0.15, -0.1) is 0 Å². The average molecular weight is 268 g/mol. The van der Waals surface area contributed by atoms with E-state index in [9.17, 15) is 4.79 Å². The Bertz CT molecular complexity index is 279. The van der Waals surface area contributed by atoms with E-state index in [0.717, 1.165) is 6.54 Å². The van der Waals surface area contributed by atoms with Gasteiger partial charge in [-0.25, -0.2) is 0 Å². The normalized spacial score (nSPS) is 14.2. The first kappa shape index (κ1) is 15.9. The van der Waals surface area contributed by atoms with Crippen molar-refractivity contribution in [3.8, 4) is 0 Å². The van der Waals surface area contributed by atoms with Gasteiger partial charge in [-0.05, 0) is 6.42 Å². The molecule has 1 rings (SSSR count). The van der Waals surface area contributed by atoms with Crippen molar-refractivity contribution in [3.05, 3.63) is 12.4 Å². The van der Waals surface area contributed by atoms with E-state index in [2.05, 4.69) is 11.8 Å². The Kier molecular flexibility index (Phi) is 8.10. The summed E-state index contributed by atoms with van der Waals surface area (Å²) in [4.78, 5) is 18.0. The molecule has 0 amide bonds. The molecule has 0 atom stereocenters. The van der Waals surface area contributed by atoms with Gasteiger partial charge in [0.2, 0.25) is 0 Å². The molecule has 0 aromatic rings. The van der Waals surface area contributed by atoms with Crippen molar-refractivity contribution in [2.24, 2.45) is 0 Å². The molecule has 0 spiro atoms. The third-order valence-corrected chi connectivity index (χ3v) is 3.31. The van der Waals surface area contributed by atoms with E-state index in [1.165, 1.54) is 58.3 Å². The molecule has 0 fully saturated rings. The van der Waals surface area contributed by atoms with Gasteiger partial charge in [0.15, 0.2) is 0 Å². The maximum Gasteiger partial charge on any atom is 0.329 e. The van der Waals surface area contributed by atoms with Crippen molar-refractivity contribution in [1.82, 2.24) is 9.96 Å². The van der Waals surface area contributed by atoms with Crippen LogP contribution in [0.15, 0.2) is 12.4 Å². The molecule has 0 radical (unpaired) electrons. The number of nitrogens with zero attached hydrogens (tertiary/aromatic N) is 2. The summed E-state index contributed by atoms with van der Waals surface area (Å²) in [6, 6.07) is 0. The molecule has 4 nitrogen and oxygen atoms in total. The third kappa shape index (κ3) is 7.75. The van der Waals surface area contributed by atoms with Gasteiger partial charge in [-0.2, -0.15) is 5.06 Å². The number of hydrogen-bond donors (Lipinski definition) is 0. The fourth-order valence-electron chi connectivity index (χ4n) is 2.26. The Morgan fingerprint density at radius 3 is 2.32 bits per heavy atom. The smallest absolute Gasteiger partial charge is 0.329 e. The van der Waals surface area contributed by atoms with E-state index in [4.69, 9.17) is 4.84 Å². The minimum atomic E-state index is -0.265. The number of hydrogen-bond acceptors (Lipinski definition) is 4. The Morgan fingerprint density at radius 1 is 1.05 bits per heavy atom. The van der Waals surface area contributed by atoms with Crippen molar-refractivity contribution in [2.75, 3.05) is 13.2 Å². The van der Waals surface area contributed by atoms with Gasteiger partial charge in [-0.3, -0.25) is 4.79 Å². The Hall–Kier alpha value is -1.19. The lowest BCUT2D eigenvalue weighted by Crippen LogP contribution is -2.27. The van der Waals surface area contributed by atoms with Crippen LogP contribution in [0.3, 0.4) is 0 Å². The monoisotopic (exact) mass is 268 g/mol. The second-order valence-electron chi connectivity index (χ2n) is 5.23. The predicted molar refractivity (Wildman–Crippen MR) is 76.9 cm³/mol. The average Bonchev–Trinajstić information content (AvgIpc) is 2.79. The summed E-state index contributed by atoms with van der Waals surface area (Å²) in [6.45, 7) is 5.39. The molecular formula is C15H28N2O2. The van der Waals surface area contributed by atoms with E-state index in [1.807, 2.05) is 12.4 Å². The van der Waals surface area contributed by atoms with Crippen LogP contribution in [0.2, 0.25) is 0 Å². The molecule has 1 heterocycles.